The van der Waals surface area contributed by atoms with Crippen molar-refractivity contribution in [2.75, 3.05) is 17.7 Å². The van der Waals surface area contributed by atoms with E-state index in [1.54, 1.807) is 24.4 Å². The standard InChI is InChI=1S/C21H26Cl2N6/c1-20(2)9-15(10-21(3,4)29(20)5)26-18-17(23)12-25-19(28-18)27-14-6-7-16(22)13(8-14)11-24/h6-8,12,15H,9-10H2,1-5H3,(H2,25,26,27,28). The summed E-state index contributed by atoms with van der Waals surface area (Å²) in [7, 11) is 2.18. The van der Waals surface area contributed by atoms with Crippen LogP contribution in [-0.2, 0) is 0 Å². The van der Waals surface area contributed by atoms with Gasteiger partial charge in [-0.15, -0.1) is 0 Å². The molecule has 0 atom stereocenters. The van der Waals surface area contributed by atoms with Gasteiger partial charge >= 0.3 is 0 Å². The smallest absolute Gasteiger partial charge is 0.229 e. The van der Waals surface area contributed by atoms with Crippen molar-refractivity contribution in [1.29, 1.82) is 5.26 Å². The molecule has 2 aromatic rings. The number of piperidine rings is 1. The van der Waals surface area contributed by atoms with Crippen molar-refractivity contribution in [1.82, 2.24) is 14.9 Å². The maximum absolute atomic E-state index is 9.15. The molecule has 1 aliphatic rings. The summed E-state index contributed by atoms with van der Waals surface area (Å²) in [5, 5.41) is 16.7. The van der Waals surface area contributed by atoms with Gasteiger partial charge in [-0.3, -0.25) is 4.90 Å². The van der Waals surface area contributed by atoms with E-state index in [0.29, 0.717) is 33.1 Å². The summed E-state index contributed by atoms with van der Waals surface area (Å²) in [4.78, 5) is 11.2. The molecular weight excluding hydrogens is 407 g/mol. The summed E-state index contributed by atoms with van der Waals surface area (Å²) >= 11 is 12.4. The number of nitrogens with zero attached hydrogens (tertiary/aromatic N) is 4. The first-order chi connectivity index (χ1) is 13.5. The van der Waals surface area contributed by atoms with Gasteiger partial charge in [0.2, 0.25) is 5.95 Å². The summed E-state index contributed by atoms with van der Waals surface area (Å²) in [5.74, 6) is 0.995. The highest BCUT2D eigenvalue weighted by Crippen LogP contribution is 2.38. The van der Waals surface area contributed by atoms with Gasteiger partial charge in [-0.05, 0) is 65.8 Å². The molecule has 0 radical (unpaired) electrons. The number of anilines is 3. The fourth-order valence-corrected chi connectivity index (χ4v) is 4.32. The topological polar surface area (TPSA) is 76.9 Å². The van der Waals surface area contributed by atoms with Gasteiger partial charge in [-0.25, -0.2) is 4.98 Å². The quantitative estimate of drug-likeness (QED) is 0.667. The van der Waals surface area contributed by atoms with E-state index in [1.165, 1.54) is 0 Å². The van der Waals surface area contributed by atoms with Crippen LogP contribution in [0, 0.1) is 11.3 Å². The Labute approximate surface area is 182 Å². The minimum atomic E-state index is 0.0526. The molecule has 1 fully saturated rings. The molecular formula is C21H26Cl2N6. The molecule has 1 aromatic carbocycles. The third-order valence-corrected chi connectivity index (χ3v) is 6.34. The van der Waals surface area contributed by atoms with Gasteiger partial charge in [0.1, 0.15) is 11.1 Å². The normalized spacial score (nSPS) is 18.8. The lowest BCUT2D eigenvalue weighted by Crippen LogP contribution is -2.61. The van der Waals surface area contributed by atoms with Crippen LogP contribution >= 0.6 is 23.2 Å². The minimum Gasteiger partial charge on any atom is -0.366 e. The van der Waals surface area contributed by atoms with E-state index in [-0.39, 0.29) is 17.1 Å². The summed E-state index contributed by atoms with van der Waals surface area (Å²) in [6.07, 6.45) is 3.52. The molecule has 0 bridgehead atoms. The van der Waals surface area contributed by atoms with E-state index in [9.17, 15) is 0 Å². The number of nitriles is 1. The summed E-state index contributed by atoms with van der Waals surface area (Å²) < 4.78 is 0. The molecule has 0 spiro atoms. The third-order valence-electron chi connectivity index (χ3n) is 5.74. The van der Waals surface area contributed by atoms with Crippen molar-refractivity contribution in [3.8, 4) is 6.07 Å². The molecule has 8 heteroatoms. The Balaban J connectivity index is 1.80. The van der Waals surface area contributed by atoms with E-state index in [0.717, 1.165) is 12.8 Å². The number of hydrogen-bond donors (Lipinski definition) is 2. The minimum absolute atomic E-state index is 0.0526. The first-order valence-corrected chi connectivity index (χ1v) is 10.3. The van der Waals surface area contributed by atoms with Crippen molar-refractivity contribution < 1.29 is 0 Å². The Hall–Kier alpha value is -2.07. The van der Waals surface area contributed by atoms with E-state index < -0.39 is 0 Å². The average Bonchev–Trinajstić information content (AvgIpc) is 2.63. The Morgan fingerprint density at radius 2 is 1.79 bits per heavy atom. The van der Waals surface area contributed by atoms with Crippen LogP contribution in [0.5, 0.6) is 0 Å². The van der Waals surface area contributed by atoms with E-state index in [2.05, 4.69) is 66.3 Å². The molecule has 2 N–H and O–H groups in total. The molecule has 0 amide bonds. The van der Waals surface area contributed by atoms with Gasteiger partial charge in [-0.2, -0.15) is 10.2 Å². The van der Waals surface area contributed by atoms with Crippen LogP contribution in [0.15, 0.2) is 24.4 Å². The van der Waals surface area contributed by atoms with E-state index in [1.807, 2.05) is 0 Å². The summed E-state index contributed by atoms with van der Waals surface area (Å²) in [6, 6.07) is 7.40. The SMILES string of the molecule is CN1C(C)(C)CC(Nc2nc(Nc3ccc(Cl)c(C#N)c3)ncc2Cl)CC1(C)C. The van der Waals surface area contributed by atoms with Crippen molar-refractivity contribution in [2.24, 2.45) is 0 Å². The van der Waals surface area contributed by atoms with Crippen molar-refractivity contribution in [3.05, 3.63) is 40.0 Å². The molecule has 0 saturated carbocycles. The predicted octanol–water partition coefficient (Wildman–Crippen LogP) is 5.46. The van der Waals surface area contributed by atoms with Gasteiger partial charge in [0.15, 0.2) is 5.82 Å². The van der Waals surface area contributed by atoms with E-state index in [4.69, 9.17) is 28.5 Å². The number of nitrogens with one attached hydrogen (secondary N) is 2. The first kappa shape index (κ1) is 21.6. The molecule has 1 aliphatic heterocycles. The number of rotatable bonds is 4. The Morgan fingerprint density at radius 1 is 1.14 bits per heavy atom. The van der Waals surface area contributed by atoms with Gasteiger partial charge in [0.25, 0.3) is 0 Å². The molecule has 0 aliphatic carbocycles. The highest BCUT2D eigenvalue weighted by atomic mass is 35.5. The number of hydrogen-bond acceptors (Lipinski definition) is 6. The predicted molar refractivity (Wildman–Crippen MR) is 119 cm³/mol. The molecule has 1 aromatic heterocycles. The van der Waals surface area contributed by atoms with Gasteiger partial charge < -0.3 is 10.6 Å². The fourth-order valence-electron chi connectivity index (χ4n) is 4.01. The lowest BCUT2D eigenvalue weighted by Gasteiger charge is -2.53. The summed E-state index contributed by atoms with van der Waals surface area (Å²) in [5.41, 5.74) is 1.18. The van der Waals surface area contributed by atoms with Crippen molar-refractivity contribution in [3.63, 3.8) is 0 Å². The molecule has 6 nitrogen and oxygen atoms in total. The number of benzene rings is 1. The van der Waals surface area contributed by atoms with E-state index >= 15 is 0 Å². The van der Waals surface area contributed by atoms with Crippen LogP contribution in [0.4, 0.5) is 17.5 Å². The monoisotopic (exact) mass is 432 g/mol. The number of likely N-dealkylation sites (tertiary alicyclic amines) is 1. The Bertz CT molecular complexity index is 933. The number of halogens is 2. The van der Waals surface area contributed by atoms with Crippen LogP contribution in [-0.4, -0.2) is 39.0 Å². The second kappa shape index (κ2) is 7.98. The van der Waals surface area contributed by atoms with Crippen LogP contribution in [0.3, 0.4) is 0 Å². The zero-order valence-corrected chi connectivity index (χ0v) is 18.9. The van der Waals surface area contributed by atoms with Crippen LogP contribution < -0.4 is 10.6 Å². The first-order valence-electron chi connectivity index (χ1n) is 9.51. The maximum Gasteiger partial charge on any atom is 0.229 e. The van der Waals surface area contributed by atoms with Gasteiger partial charge in [0.05, 0.1) is 16.8 Å². The lowest BCUT2D eigenvalue weighted by molar-refractivity contribution is -0.00772. The third kappa shape index (κ3) is 4.75. The molecule has 29 heavy (non-hydrogen) atoms. The van der Waals surface area contributed by atoms with Crippen LogP contribution in [0.1, 0.15) is 46.1 Å². The highest BCUT2D eigenvalue weighted by Gasteiger charge is 2.43. The van der Waals surface area contributed by atoms with Crippen molar-refractivity contribution in [2.45, 2.75) is 57.7 Å². The van der Waals surface area contributed by atoms with Gasteiger partial charge in [0, 0.05) is 22.8 Å². The Kier molecular flexibility index (Phi) is 5.96. The highest BCUT2D eigenvalue weighted by molar-refractivity contribution is 6.32. The van der Waals surface area contributed by atoms with Crippen LogP contribution in [0.25, 0.3) is 0 Å². The zero-order valence-electron chi connectivity index (χ0n) is 17.3. The molecule has 3 rings (SSSR count). The van der Waals surface area contributed by atoms with Gasteiger partial charge in [-0.1, -0.05) is 23.2 Å². The largest absolute Gasteiger partial charge is 0.366 e. The maximum atomic E-state index is 9.15. The lowest BCUT2D eigenvalue weighted by atomic mass is 9.77. The van der Waals surface area contributed by atoms with Crippen molar-refractivity contribution >= 4 is 40.7 Å². The van der Waals surface area contributed by atoms with Crippen LogP contribution in [0.2, 0.25) is 10.0 Å². The molecule has 154 valence electrons. The molecule has 2 heterocycles. The average molecular weight is 433 g/mol. The second-order valence-electron chi connectivity index (χ2n) is 8.75. The second-order valence-corrected chi connectivity index (χ2v) is 9.57. The fraction of sp³-hybridized carbons (Fsp3) is 0.476. The zero-order chi connectivity index (χ0) is 21.4. The number of aromatic nitrogens is 2. The Morgan fingerprint density at radius 3 is 2.41 bits per heavy atom. The molecule has 1 saturated heterocycles. The summed E-state index contributed by atoms with van der Waals surface area (Å²) in [6.45, 7) is 9.02. The molecule has 0 unspecified atom stereocenters.